The predicted molar refractivity (Wildman–Crippen MR) is 104 cm³/mol. The Labute approximate surface area is 156 Å². The zero-order valence-electron chi connectivity index (χ0n) is 13.1. The number of hydrogen-bond donors (Lipinski definition) is 3. The lowest BCUT2D eigenvalue weighted by Crippen LogP contribution is -2.05. The molecule has 0 aliphatic carbocycles. The van der Waals surface area contributed by atoms with Crippen LogP contribution in [0.2, 0.25) is 0 Å². The van der Waals surface area contributed by atoms with Gasteiger partial charge in [-0.05, 0) is 52.7 Å². The molecule has 1 heterocycles. The Morgan fingerprint density at radius 1 is 1.12 bits per heavy atom. The van der Waals surface area contributed by atoms with Crippen LogP contribution in [0.25, 0.3) is 11.0 Å². The molecule has 0 atom stereocenters. The van der Waals surface area contributed by atoms with Crippen LogP contribution in [-0.4, -0.2) is 16.6 Å². The van der Waals surface area contributed by atoms with Gasteiger partial charge in [-0.15, -0.1) is 0 Å². The van der Waals surface area contributed by atoms with Crippen LogP contribution in [0.4, 0.5) is 5.69 Å². The highest BCUT2D eigenvalue weighted by Gasteiger charge is 2.10. The summed E-state index contributed by atoms with van der Waals surface area (Å²) in [4.78, 5) is 16.8. The summed E-state index contributed by atoms with van der Waals surface area (Å²) in [5, 5.41) is 3.38. The molecule has 0 saturated heterocycles. The van der Waals surface area contributed by atoms with Gasteiger partial charge in [0, 0.05) is 22.3 Å². The standard InChI is InChI=1S/C17H17Br2N3O2/c1-2-5-24-16-10(6-11(18)7-13(16)19)9-20-12-3-4-14-15(8-12)22-17(23)21-14/h3-4,6-8,20H,2,5,9H2,1H3,(H2,21,22,23). The van der Waals surface area contributed by atoms with Crippen LogP contribution in [0.15, 0.2) is 44.1 Å². The molecule has 0 spiro atoms. The molecule has 3 rings (SSSR count). The van der Waals surface area contributed by atoms with E-state index >= 15 is 0 Å². The van der Waals surface area contributed by atoms with E-state index in [4.69, 9.17) is 4.74 Å². The first-order chi connectivity index (χ1) is 11.6. The molecule has 3 N–H and O–H groups in total. The molecule has 5 nitrogen and oxygen atoms in total. The quantitative estimate of drug-likeness (QED) is 0.501. The Bertz CT molecular complexity index is 918. The number of hydrogen-bond acceptors (Lipinski definition) is 3. The molecule has 0 aliphatic heterocycles. The summed E-state index contributed by atoms with van der Waals surface area (Å²) in [5.41, 5.74) is 3.35. The van der Waals surface area contributed by atoms with Crippen molar-refractivity contribution >= 4 is 48.6 Å². The average molecular weight is 455 g/mol. The van der Waals surface area contributed by atoms with Crippen LogP contribution in [0, 0.1) is 0 Å². The Hall–Kier alpha value is -1.73. The van der Waals surface area contributed by atoms with Crippen molar-refractivity contribution in [2.24, 2.45) is 0 Å². The summed E-state index contributed by atoms with van der Waals surface area (Å²) in [6.07, 6.45) is 0.951. The fraction of sp³-hybridized carbons (Fsp3) is 0.235. The summed E-state index contributed by atoms with van der Waals surface area (Å²) in [7, 11) is 0. The summed E-state index contributed by atoms with van der Waals surface area (Å²) < 4.78 is 7.78. The number of rotatable bonds is 6. The van der Waals surface area contributed by atoms with Gasteiger partial charge in [0.1, 0.15) is 5.75 Å². The van der Waals surface area contributed by atoms with Gasteiger partial charge < -0.3 is 20.0 Å². The van der Waals surface area contributed by atoms with Crippen LogP contribution in [0.1, 0.15) is 18.9 Å². The molecule has 0 bridgehead atoms. The third-order valence-corrected chi connectivity index (χ3v) is 4.58. The number of benzene rings is 2. The molecule has 0 saturated carbocycles. The van der Waals surface area contributed by atoms with Gasteiger partial charge in [-0.25, -0.2) is 4.79 Å². The number of anilines is 1. The van der Waals surface area contributed by atoms with Crippen LogP contribution in [-0.2, 0) is 6.54 Å². The van der Waals surface area contributed by atoms with Gasteiger partial charge in [-0.1, -0.05) is 22.9 Å². The molecule has 1 aromatic heterocycles. The molecular weight excluding hydrogens is 438 g/mol. The van der Waals surface area contributed by atoms with Gasteiger partial charge in [0.25, 0.3) is 0 Å². The number of aromatic nitrogens is 2. The molecule has 0 unspecified atom stereocenters. The van der Waals surface area contributed by atoms with E-state index in [0.29, 0.717) is 13.2 Å². The van der Waals surface area contributed by atoms with E-state index in [9.17, 15) is 4.79 Å². The van der Waals surface area contributed by atoms with Gasteiger partial charge >= 0.3 is 5.69 Å². The molecule has 0 radical (unpaired) electrons. The molecule has 0 fully saturated rings. The second-order valence-electron chi connectivity index (χ2n) is 5.42. The normalized spacial score (nSPS) is 11.0. The van der Waals surface area contributed by atoms with E-state index in [1.165, 1.54) is 0 Å². The SMILES string of the molecule is CCCOc1c(Br)cc(Br)cc1CNc1ccc2[nH]c(=O)[nH]c2c1. The fourth-order valence-electron chi connectivity index (χ4n) is 2.45. The van der Waals surface area contributed by atoms with E-state index in [1.54, 1.807) is 0 Å². The van der Waals surface area contributed by atoms with Crippen molar-refractivity contribution in [3.8, 4) is 5.75 Å². The molecule has 7 heteroatoms. The van der Waals surface area contributed by atoms with Gasteiger partial charge in [0.15, 0.2) is 0 Å². The molecular formula is C17H17Br2N3O2. The zero-order valence-corrected chi connectivity index (χ0v) is 16.3. The minimum absolute atomic E-state index is 0.201. The smallest absolute Gasteiger partial charge is 0.323 e. The van der Waals surface area contributed by atoms with Crippen LogP contribution in [0.5, 0.6) is 5.75 Å². The fourth-order valence-corrected chi connectivity index (χ4v) is 3.88. The maximum Gasteiger partial charge on any atom is 0.323 e. The number of fused-ring (bicyclic) bond motifs is 1. The molecule has 3 aromatic rings. The minimum atomic E-state index is -0.201. The Balaban J connectivity index is 1.82. The second-order valence-corrected chi connectivity index (χ2v) is 7.19. The van der Waals surface area contributed by atoms with Gasteiger partial charge in [0.2, 0.25) is 0 Å². The van der Waals surface area contributed by atoms with E-state index in [0.717, 1.165) is 43.4 Å². The summed E-state index contributed by atoms with van der Waals surface area (Å²) in [6.45, 7) is 3.36. The predicted octanol–water partition coefficient (Wildman–Crippen LogP) is 4.78. The first-order valence-corrected chi connectivity index (χ1v) is 9.22. The number of ether oxygens (including phenoxy) is 1. The van der Waals surface area contributed by atoms with Crippen LogP contribution < -0.4 is 15.7 Å². The lowest BCUT2D eigenvalue weighted by atomic mass is 10.2. The van der Waals surface area contributed by atoms with Crippen molar-refractivity contribution in [2.45, 2.75) is 19.9 Å². The number of H-pyrrole nitrogens is 2. The second kappa shape index (κ2) is 7.44. The summed E-state index contributed by atoms with van der Waals surface area (Å²) in [5.74, 6) is 0.851. The maximum absolute atomic E-state index is 11.3. The monoisotopic (exact) mass is 453 g/mol. The molecule has 0 amide bonds. The van der Waals surface area contributed by atoms with E-state index in [2.05, 4.69) is 54.1 Å². The van der Waals surface area contributed by atoms with Gasteiger partial charge in [-0.3, -0.25) is 0 Å². The number of halogens is 2. The number of imidazole rings is 1. The van der Waals surface area contributed by atoms with Crippen molar-refractivity contribution in [3.05, 3.63) is 55.3 Å². The van der Waals surface area contributed by atoms with E-state index in [-0.39, 0.29) is 5.69 Å². The lowest BCUT2D eigenvalue weighted by Gasteiger charge is -2.15. The highest BCUT2D eigenvalue weighted by molar-refractivity contribution is 9.11. The van der Waals surface area contributed by atoms with Crippen molar-refractivity contribution < 1.29 is 4.74 Å². The Kier molecular flexibility index (Phi) is 5.30. The molecule has 126 valence electrons. The highest BCUT2D eigenvalue weighted by Crippen LogP contribution is 2.33. The van der Waals surface area contributed by atoms with Crippen molar-refractivity contribution in [2.75, 3.05) is 11.9 Å². The lowest BCUT2D eigenvalue weighted by molar-refractivity contribution is 0.312. The van der Waals surface area contributed by atoms with E-state index in [1.807, 2.05) is 30.3 Å². The van der Waals surface area contributed by atoms with Crippen LogP contribution in [0.3, 0.4) is 0 Å². The zero-order chi connectivity index (χ0) is 17.1. The first-order valence-electron chi connectivity index (χ1n) is 7.63. The van der Waals surface area contributed by atoms with Gasteiger partial charge in [-0.2, -0.15) is 0 Å². The van der Waals surface area contributed by atoms with E-state index < -0.39 is 0 Å². The van der Waals surface area contributed by atoms with Gasteiger partial charge in [0.05, 0.1) is 22.1 Å². The number of aromatic amines is 2. The summed E-state index contributed by atoms with van der Waals surface area (Å²) >= 11 is 7.08. The average Bonchev–Trinajstić information content (AvgIpc) is 2.91. The van der Waals surface area contributed by atoms with Crippen LogP contribution >= 0.6 is 31.9 Å². The third-order valence-electron chi connectivity index (χ3n) is 3.53. The topological polar surface area (TPSA) is 69.9 Å². The largest absolute Gasteiger partial charge is 0.492 e. The Morgan fingerprint density at radius 3 is 2.71 bits per heavy atom. The van der Waals surface area contributed by atoms with Crippen molar-refractivity contribution in [1.29, 1.82) is 0 Å². The third kappa shape index (κ3) is 3.84. The minimum Gasteiger partial charge on any atom is -0.492 e. The molecule has 24 heavy (non-hydrogen) atoms. The molecule has 0 aliphatic rings. The Morgan fingerprint density at radius 2 is 1.92 bits per heavy atom. The summed E-state index contributed by atoms with van der Waals surface area (Å²) in [6, 6.07) is 9.74. The van der Waals surface area contributed by atoms with Crippen molar-refractivity contribution in [3.63, 3.8) is 0 Å². The first kappa shape index (κ1) is 17.1. The molecule has 2 aromatic carbocycles. The maximum atomic E-state index is 11.3. The number of nitrogens with one attached hydrogen (secondary N) is 3. The highest BCUT2D eigenvalue weighted by atomic mass is 79.9. The van der Waals surface area contributed by atoms with Crippen molar-refractivity contribution in [1.82, 2.24) is 9.97 Å².